The Morgan fingerprint density at radius 1 is 1.07 bits per heavy atom. The molecule has 0 heterocycles. The Bertz CT molecular complexity index is 283. The fourth-order valence-corrected chi connectivity index (χ4v) is 0.704. The number of halogens is 6. The summed E-state index contributed by atoms with van der Waals surface area (Å²) >= 11 is 0. The van der Waals surface area contributed by atoms with Crippen molar-refractivity contribution < 1.29 is 61.7 Å². The van der Waals surface area contributed by atoms with Gasteiger partial charge in [0.15, 0.2) is 10.1 Å². The van der Waals surface area contributed by atoms with Gasteiger partial charge in [-0.15, -0.1) is 0 Å². The first-order valence-electron chi connectivity index (χ1n) is 2.44. The fraction of sp³-hybridized carbons (Fsp3) is 1.00. The Morgan fingerprint density at radius 2 is 1.36 bits per heavy atom. The topological polar surface area (TPSA) is 57.2 Å². The first-order chi connectivity index (χ1) is 5.40. The molecule has 0 aromatic rings. The van der Waals surface area contributed by atoms with Gasteiger partial charge in [-0.1, -0.05) is 0 Å². The van der Waals surface area contributed by atoms with Crippen molar-refractivity contribution in [1.82, 2.24) is 0 Å². The number of hydrogen-bond acceptors (Lipinski definition) is 3. The van der Waals surface area contributed by atoms with E-state index in [2.05, 4.69) is 0 Å². The summed E-state index contributed by atoms with van der Waals surface area (Å²) in [6.07, 6.45) is -11.1. The maximum Gasteiger partial charge on any atom is 1.00 e. The summed E-state index contributed by atoms with van der Waals surface area (Å²) in [6.45, 7) is 0. The smallest absolute Gasteiger partial charge is 0.743 e. The molecule has 0 aliphatic rings. The van der Waals surface area contributed by atoms with Gasteiger partial charge in [-0.25, -0.2) is 12.8 Å². The van der Waals surface area contributed by atoms with Crippen molar-refractivity contribution in [3.63, 3.8) is 0 Å². The summed E-state index contributed by atoms with van der Waals surface area (Å²) in [5.74, 6) is 0. The maximum atomic E-state index is 11.8. The first-order valence-corrected chi connectivity index (χ1v) is 3.85. The average Bonchev–Trinajstić information content (AvgIpc) is 1.81. The second-order valence-corrected chi connectivity index (χ2v) is 3.37. The van der Waals surface area contributed by atoms with Crippen LogP contribution in [0, 0.1) is 0 Å². The average molecular weight is 339 g/mol. The molecule has 0 aromatic carbocycles. The van der Waals surface area contributed by atoms with Crippen molar-refractivity contribution >= 4 is 10.1 Å². The molecule has 0 rings (SSSR count). The van der Waals surface area contributed by atoms with Gasteiger partial charge in [0.05, 0.1) is 0 Å². The molecule has 0 saturated heterocycles. The van der Waals surface area contributed by atoms with Crippen LogP contribution in [0.25, 0.3) is 0 Å². The molecule has 90 valence electrons. The molecule has 0 saturated carbocycles. The Balaban J connectivity index is 0. The van der Waals surface area contributed by atoms with Crippen LogP contribution < -0.4 is 0 Å². The summed E-state index contributed by atoms with van der Waals surface area (Å²) in [5, 5.41) is -5.99. The van der Waals surface area contributed by atoms with Crippen molar-refractivity contribution in [2.75, 3.05) is 0 Å². The van der Waals surface area contributed by atoms with Crippen LogP contribution in [0.15, 0.2) is 0 Å². The van der Waals surface area contributed by atoms with Crippen LogP contribution in [0.5, 0.6) is 0 Å². The van der Waals surface area contributed by atoms with Crippen LogP contribution in [0.1, 0.15) is 0 Å². The van der Waals surface area contributed by atoms with E-state index in [0.29, 0.717) is 0 Å². The van der Waals surface area contributed by atoms with Crippen LogP contribution in [0.4, 0.5) is 26.3 Å². The van der Waals surface area contributed by atoms with Gasteiger partial charge in [-0.2, -0.15) is 22.0 Å². The second kappa shape index (κ2) is 4.39. The third kappa shape index (κ3) is 3.42. The molecule has 0 bridgehead atoms. The summed E-state index contributed by atoms with van der Waals surface area (Å²) < 4.78 is 97.5. The molecule has 11 heteroatoms. The molecule has 0 radical (unpaired) electrons. The van der Waals surface area contributed by atoms with E-state index in [1.807, 2.05) is 0 Å². The summed E-state index contributed by atoms with van der Waals surface area (Å²) in [4.78, 5) is 0. The molecular formula is C3HAgF6O3S. The molecule has 0 aliphatic heterocycles. The Labute approximate surface area is 89.7 Å². The van der Waals surface area contributed by atoms with Crippen LogP contribution in [-0.2, 0) is 32.5 Å². The van der Waals surface area contributed by atoms with E-state index in [4.69, 9.17) is 0 Å². The van der Waals surface area contributed by atoms with Crippen molar-refractivity contribution in [2.45, 2.75) is 17.6 Å². The molecule has 1 unspecified atom stereocenters. The Morgan fingerprint density at radius 3 is 1.43 bits per heavy atom. The minimum absolute atomic E-state index is 0. The number of rotatable bonds is 2. The number of hydrogen-bond donors (Lipinski definition) is 0. The third-order valence-corrected chi connectivity index (χ3v) is 1.79. The zero-order valence-electron chi connectivity index (χ0n) is 5.78. The Hall–Kier alpha value is 0.230. The zero-order valence-corrected chi connectivity index (χ0v) is 8.08. The third-order valence-electron chi connectivity index (χ3n) is 0.916. The van der Waals surface area contributed by atoms with E-state index in [1.54, 1.807) is 0 Å². The van der Waals surface area contributed by atoms with Gasteiger partial charge in [0.1, 0.15) is 0 Å². The minimum atomic E-state index is -6.66. The Kier molecular flexibility index (Phi) is 5.22. The number of alkyl halides is 6. The quantitative estimate of drug-likeness (QED) is 0.429. The first kappa shape index (κ1) is 16.7. The largest absolute Gasteiger partial charge is 1.00 e. The van der Waals surface area contributed by atoms with Gasteiger partial charge in [0, 0.05) is 0 Å². The summed E-state index contributed by atoms with van der Waals surface area (Å²) in [7, 11) is -6.66. The molecule has 3 nitrogen and oxygen atoms in total. The molecule has 1 atom stereocenters. The standard InChI is InChI=1S/C3H2F6O3S.Ag/c4-1(2(5,6)7)3(8,9)13(10,11)12;/h1H,(H,10,11,12);/q;+1/p-1. The van der Waals surface area contributed by atoms with E-state index < -0.39 is 27.7 Å². The van der Waals surface area contributed by atoms with E-state index in [1.165, 1.54) is 0 Å². The van der Waals surface area contributed by atoms with Crippen LogP contribution in [0.3, 0.4) is 0 Å². The van der Waals surface area contributed by atoms with Gasteiger partial charge < -0.3 is 4.55 Å². The van der Waals surface area contributed by atoms with Crippen LogP contribution >= 0.6 is 0 Å². The fourth-order valence-electron chi connectivity index (χ4n) is 0.317. The van der Waals surface area contributed by atoms with Crippen LogP contribution in [-0.4, -0.2) is 30.6 Å². The summed E-state index contributed by atoms with van der Waals surface area (Å²) in [5.41, 5.74) is 0. The maximum absolute atomic E-state index is 11.8. The molecule has 14 heavy (non-hydrogen) atoms. The predicted octanol–water partition coefficient (Wildman–Crippen LogP) is 1.02. The van der Waals surface area contributed by atoms with Gasteiger partial charge in [-0.05, 0) is 0 Å². The SMILES string of the molecule is O=S(=O)([O-])C(F)(F)C(F)C(F)(F)F.[Ag+]. The van der Waals surface area contributed by atoms with E-state index >= 15 is 0 Å². The zero-order chi connectivity index (χ0) is 11.1. The van der Waals surface area contributed by atoms with Crippen molar-refractivity contribution in [3.05, 3.63) is 0 Å². The van der Waals surface area contributed by atoms with Gasteiger partial charge in [-0.3, -0.25) is 0 Å². The van der Waals surface area contributed by atoms with E-state index in [0.717, 1.165) is 0 Å². The normalized spacial score (nSPS) is 15.9. The van der Waals surface area contributed by atoms with E-state index in [9.17, 15) is 39.3 Å². The van der Waals surface area contributed by atoms with Gasteiger partial charge in [0.25, 0.3) is 6.17 Å². The molecule has 0 amide bonds. The molecule has 0 spiro atoms. The molecular weight excluding hydrogens is 338 g/mol. The molecule has 0 N–H and O–H groups in total. The predicted molar refractivity (Wildman–Crippen MR) is 25.6 cm³/mol. The molecule has 0 aromatic heterocycles. The van der Waals surface area contributed by atoms with Crippen molar-refractivity contribution in [3.8, 4) is 0 Å². The second-order valence-electron chi connectivity index (χ2n) is 1.92. The molecule has 0 fully saturated rings. The van der Waals surface area contributed by atoms with Crippen molar-refractivity contribution in [2.24, 2.45) is 0 Å². The molecule has 0 aliphatic carbocycles. The van der Waals surface area contributed by atoms with Crippen LogP contribution in [0.2, 0.25) is 0 Å². The van der Waals surface area contributed by atoms with Gasteiger partial charge in [0.2, 0.25) is 0 Å². The van der Waals surface area contributed by atoms with E-state index in [-0.39, 0.29) is 22.4 Å². The summed E-state index contributed by atoms with van der Waals surface area (Å²) in [6, 6.07) is 0. The monoisotopic (exact) mass is 338 g/mol. The minimum Gasteiger partial charge on any atom is -0.743 e. The van der Waals surface area contributed by atoms with Crippen molar-refractivity contribution in [1.29, 1.82) is 0 Å². The van der Waals surface area contributed by atoms with Gasteiger partial charge >= 0.3 is 33.8 Å².